The first-order valence-electron chi connectivity index (χ1n) is 7.64. The Bertz CT molecular complexity index is 465. The highest BCUT2D eigenvalue weighted by atomic mass is 16.5. The van der Waals surface area contributed by atoms with Crippen LogP contribution in [0.5, 0.6) is 0 Å². The van der Waals surface area contributed by atoms with E-state index >= 15 is 0 Å². The quantitative estimate of drug-likeness (QED) is 0.807. The maximum Gasteiger partial charge on any atom is 0.251 e. The molecule has 1 unspecified atom stereocenters. The fraction of sp³-hybridized carbons (Fsp3) is 0.562. The van der Waals surface area contributed by atoms with Crippen LogP contribution in [0.1, 0.15) is 22.8 Å². The number of nitrogens with one attached hydrogen (secondary N) is 1. The average Bonchev–Trinajstić information content (AvgIpc) is 2.53. The average molecular weight is 291 g/mol. The van der Waals surface area contributed by atoms with Gasteiger partial charge in [-0.2, -0.15) is 0 Å². The molecule has 0 spiro atoms. The molecule has 5 heteroatoms. The number of amides is 1. The Morgan fingerprint density at radius 1 is 1.48 bits per heavy atom. The maximum absolute atomic E-state index is 12.3. The van der Waals surface area contributed by atoms with Crippen molar-refractivity contribution in [3.63, 3.8) is 0 Å². The molecule has 0 saturated carbocycles. The Balaban J connectivity index is 1.90. The molecule has 2 rings (SSSR count). The van der Waals surface area contributed by atoms with E-state index in [4.69, 9.17) is 10.5 Å². The fourth-order valence-electron chi connectivity index (χ4n) is 2.61. The molecule has 0 radical (unpaired) electrons. The summed E-state index contributed by atoms with van der Waals surface area (Å²) >= 11 is 0. The molecule has 0 bridgehead atoms. The van der Waals surface area contributed by atoms with Crippen molar-refractivity contribution in [1.82, 2.24) is 10.2 Å². The van der Waals surface area contributed by atoms with Crippen molar-refractivity contribution in [1.29, 1.82) is 0 Å². The van der Waals surface area contributed by atoms with E-state index in [1.165, 1.54) is 0 Å². The van der Waals surface area contributed by atoms with Gasteiger partial charge in [0.1, 0.15) is 0 Å². The Labute approximate surface area is 126 Å². The molecular weight excluding hydrogens is 266 g/mol. The van der Waals surface area contributed by atoms with E-state index in [-0.39, 0.29) is 12.0 Å². The van der Waals surface area contributed by atoms with Crippen molar-refractivity contribution in [3.05, 3.63) is 35.4 Å². The third kappa shape index (κ3) is 4.52. The van der Waals surface area contributed by atoms with E-state index in [9.17, 15) is 4.79 Å². The lowest BCUT2D eigenvalue weighted by Crippen LogP contribution is -2.47. The van der Waals surface area contributed by atoms with Crippen LogP contribution >= 0.6 is 0 Å². The first-order valence-corrected chi connectivity index (χ1v) is 7.64. The monoisotopic (exact) mass is 291 g/mol. The summed E-state index contributed by atoms with van der Waals surface area (Å²) in [5, 5.41) is 2.98. The van der Waals surface area contributed by atoms with E-state index < -0.39 is 0 Å². The first-order chi connectivity index (χ1) is 10.2. The van der Waals surface area contributed by atoms with Crippen LogP contribution in [-0.2, 0) is 11.2 Å². The highest BCUT2D eigenvalue weighted by Crippen LogP contribution is 2.10. The van der Waals surface area contributed by atoms with Crippen LogP contribution < -0.4 is 11.1 Å². The van der Waals surface area contributed by atoms with Crippen molar-refractivity contribution in [2.24, 2.45) is 5.73 Å². The van der Waals surface area contributed by atoms with Gasteiger partial charge in [-0.1, -0.05) is 25.1 Å². The lowest BCUT2D eigenvalue weighted by atomic mass is 10.0. The summed E-state index contributed by atoms with van der Waals surface area (Å²) in [5.74, 6) is -0.0451. The van der Waals surface area contributed by atoms with Gasteiger partial charge in [0, 0.05) is 25.2 Å². The molecule has 3 N–H and O–H groups in total. The zero-order valence-electron chi connectivity index (χ0n) is 12.7. The SMILES string of the molecule is CCN1CCOC(CNC(=O)c2ccccc2CCN)C1. The molecule has 1 fully saturated rings. The van der Waals surface area contributed by atoms with Gasteiger partial charge >= 0.3 is 0 Å². The molecule has 1 heterocycles. The Kier molecular flexibility index (Phi) is 6.17. The van der Waals surface area contributed by atoms with Gasteiger partial charge in [-0.3, -0.25) is 9.69 Å². The summed E-state index contributed by atoms with van der Waals surface area (Å²) in [4.78, 5) is 14.6. The maximum atomic E-state index is 12.3. The number of likely N-dealkylation sites (N-methyl/N-ethyl adjacent to an activating group) is 1. The van der Waals surface area contributed by atoms with E-state index in [2.05, 4.69) is 17.1 Å². The zero-order valence-corrected chi connectivity index (χ0v) is 12.7. The molecule has 116 valence electrons. The molecule has 1 saturated heterocycles. The lowest BCUT2D eigenvalue weighted by Gasteiger charge is -2.32. The van der Waals surface area contributed by atoms with Gasteiger partial charge in [-0.25, -0.2) is 0 Å². The predicted molar refractivity (Wildman–Crippen MR) is 83.4 cm³/mol. The Hall–Kier alpha value is -1.43. The molecule has 1 atom stereocenters. The lowest BCUT2D eigenvalue weighted by molar-refractivity contribution is -0.0246. The third-order valence-corrected chi connectivity index (χ3v) is 3.84. The van der Waals surface area contributed by atoms with Gasteiger partial charge in [0.2, 0.25) is 0 Å². The van der Waals surface area contributed by atoms with E-state index in [1.54, 1.807) is 0 Å². The number of hydrogen-bond acceptors (Lipinski definition) is 4. The minimum atomic E-state index is -0.0451. The van der Waals surface area contributed by atoms with Gasteiger partial charge in [0.25, 0.3) is 5.91 Å². The molecule has 0 aliphatic carbocycles. The van der Waals surface area contributed by atoms with Crippen LogP contribution in [-0.4, -0.2) is 56.2 Å². The molecule has 1 aliphatic heterocycles. The van der Waals surface area contributed by atoms with Gasteiger partial charge in [-0.05, 0) is 31.1 Å². The number of hydrogen-bond donors (Lipinski definition) is 2. The summed E-state index contributed by atoms with van der Waals surface area (Å²) < 4.78 is 5.70. The van der Waals surface area contributed by atoms with Crippen molar-refractivity contribution in [3.8, 4) is 0 Å². The van der Waals surface area contributed by atoms with E-state index in [0.717, 1.165) is 31.8 Å². The molecule has 0 aromatic heterocycles. The number of rotatable bonds is 6. The minimum absolute atomic E-state index is 0.0451. The fourth-order valence-corrected chi connectivity index (χ4v) is 2.61. The first kappa shape index (κ1) is 15.9. The number of benzene rings is 1. The highest BCUT2D eigenvalue weighted by Gasteiger charge is 2.20. The number of morpholine rings is 1. The zero-order chi connectivity index (χ0) is 15.1. The van der Waals surface area contributed by atoms with Gasteiger partial charge in [-0.15, -0.1) is 0 Å². The summed E-state index contributed by atoms with van der Waals surface area (Å²) in [6, 6.07) is 7.62. The van der Waals surface area contributed by atoms with Crippen LogP contribution in [0.4, 0.5) is 0 Å². The largest absolute Gasteiger partial charge is 0.374 e. The third-order valence-electron chi connectivity index (χ3n) is 3.84. The van der Waals surface area contributed by atoms with Gasteiger partial charge in [0.05, 0.1) is 12.7 Å². The second kappa shape index (κ2) is 8.12. The van der Waals surface area contributed by atoms with Crippen LogP contribution in [0.15, 0.2) is 24.3 Å². The summed E-state index contributed by atoms with van der Waals surface area (Å²) in [6.45, 7) is 6.84. The molecule has 5 nitrogen and oxygen atoms in total. The van der Waals surface area contributed by atoms with Crippen LogP contribution in [0.2, 0.25) is 0 Å². The van der Waals surface area contributed by atoms with E-state index in [0.29, 0.717) is 25.1 Å². The van der Waals surface area contributed by atoms with Crippen molar-refractivity contribution >= 4 is 5.91 Å². The van der Waals surface area contributed by atoms with Gasteiger partial charge < -0.3 is 15.8 Å². The Morgan fingerprint density at radius 3 is 3.05 bits per heavy atom. The Morgan fingerprint density at radius 2 is 2.29 bits per heavy atom. The number of nitrogens with zero attached hydrogens (tertiary/aromatic N) is 1. The summed E-state index contributed by atoms with van der Waals surface area (Å²) in [5.41, 5.74) is 7.31. The second-order valence-corrected chi connectivity index (χ2v) is 5.29. The topological polar surface area (TPSA) is 67.6 Å². The van der Waals surface area contributed by atoms with Crippen LogP contribution in [0.3, 0.4) is 0 Å². The van der Waals surface area contributed by atoms with Crippen LogP contribution in [0, 0.1) is 0 Å². The molecule has 1 aliphatic rings. The predicted octanol–water partition coefficient (Wildman–Crippen LogP) is 0.638. The molecule has 1 amide bonds. The normalized spacial score (nSPS) is 19.4. The number of ether oxygens (including phenoxy) is 1. The molecule has 1 aromatic carbocycles. The minimum Gasteiger partial charge on any atom is -0.374 e. The summed E-state index contributed by atoms with van der Waals surface area (Å²) in [7, 11) is 0. The number of carbonyl (C=O) groups excluding carboxylic acids is 1. The molecular formula is C16H25N3O2. The van der Waals surface area contributed by atoms with Crippen molar-refractivity contribution in [2.45, 2.75) is 19.4 Å². The van der Waals surface area contributed by atoms with Crippen molar-refractivity contribution < 1.29 is 9.53 Å². The number of carbonyl (C=O) groups is 1. The van der Waals surface area contributed by atoms with Crippen molar-refractivity contribution in [2.75, 3.05) is 39.3 Å². The highest BCUT2D eigenvalue weighted by molar-refractivity contribution is 5.95. The second-order valence-electron chi connectivity index (χ2n) is 5.29. The smallest absolute Gasteiger partial charge is 0.251 e. The number of nitrogens with two attached hydrogens (primary N) is 1. The van der Waals surface area contributed by atoms with Gasteiger partial charge in [0.15, 0.2) is 0 Å². The molecule has 21 heavy (non-hydrogen) atoms. The van der Waals surface area contributed by atoms with E-state index in [1.807, 2.05) is 24.3 Å². The van der Waals surface area contributed by atoms with Crippen LogP contribution in [0.25, 0.3) is 0 Å². The molecule has 1 aromatic rings. The standard InChI is InChI=1S/C16H25N3O2/c1-2-19-9-10-21-14(12-19)11-18-16(20)15-6-4-3-5-13(15)7-8-17/h3-6,14H,2,7-12,17H2,1H3,(H,18,20). The summed E-state index contributed by atoms with van der Waals surface area (Å²) in [6.07, 6.45) is 0.789.